The van der Waals surface area contributed by atoms with Crippen LogP contribution in [0, 0.1) is 6.92 Å². The van der Waals surface area contributed by atoms with Crippen LogP contribution in [0.2, 0.25) is 10.0 Å². The van der Waals surface area contributed by atoms with Crippen molar-refractivity contribution in [2.24, 2.45) is 0 Å². The van der Waals surface area contributed by atoms with Gasteiger partial charge in [0.2, 0.25) is 0 Å². The van der Waals surface area contributed by atoms with E-state index in [0.29, 0.717) is 21.6 Å². The molecule has 90 valence electrons. The average Bonchev–Trinajstić information content (AvgIpc) is 2.53. The summed E-state index contributed by atoms with van der Waals surface area (Å²) in [7, 11) is 0. The standard InChI is InChI=1S/C11H11Cl2N3O/c1-7-2-11(14)15-16(7)6-17-10-4-8(12)3-9(13)5-10/h2-5H,6H2,1H3,(H2,14,15). The molecule has 17 heavy (non-hydrogen) atoms. The highest BCUT2D eigenvalue weighted by Gasteiger charge is 2.03. The van der Waals surface area contributed by atoms with Gasteiger partial charge in [-0.15, -0.1) is 0 Å². The first-order valence-electron chi connectivity index (χ1n) is 4.93. The molecule has 2 N–H and O–H groups in total. The fourth-order valence-electron chi connectivity index (χ4n) is 1.41. The van der Waals surface area contributed by atoms with Crippen LogP contribution in [-0.2, 0) is 6.73 Å². The topological polar surface area (TPSA) is 53.1 Å². The van der Waals surface area contributed by atoms with Crippen molar-refractivity contribution < 1.29 is 4.74 Å². The van der Waals surface area contributed by atoms with Gasteiger partial charge in [0.05, 0.1) is 0 Å². The number of hydrogen-bond donors (Lipinski definition) is 1. The van der Waals surface area contributed by atoms with Crippen LogP contribution in [0.15, 0.2) is 24.3 Å². The third-order valence-electron chi connectivity index (χ3n) is 2.19. The monoisotopic (exact) mass is 271 g/mol. The molecule has 1 aromatic heterocycles. The third kappa shape index (κ3) is 3.05. The number of ether oxygens (including phenoxy) is 1. The smallest absolute Gasteiger partial charge is 0.181 e. The second-order valence-electron chi connectivity index (χ2n) is 3.59. The quantitative estimate of drug-likeness (QED) is 0.933. The zero-order chi connectivity index (χ0) is 12.4. The number of nitrogens with zero attached hydrogens (tertiary/aromatic N) is 2. The summed E-state index contributed by atoms with van der Waals surface area (Å²) in [6.45, 7) is 2.16. The molecule has 2 rings (SSSR count). The van der Waals surface area contributed by atoms with Crippen molar-refractivity contribution in [3.05, 3.63) is 40.0 Å². The van der Waals surface area contributed by atoms with Crippen molar-refractivity contribution in [3.63, 3.8) is 0 Å². The number of nitrogen functional groups attached to an aromatic ring is 1. The Morgan fingerprint density at radius 1 is 1.24 bits per heavy atom. The predicted molar refractivity (Wildman–Crippen MR) is 68.5 cm³/mol. The average molecular weight is 272 g/mol. The van der Waals surface area contributed by atoms with E-state index in [9.17, 15) is 0 Å². The maximum atomic E-state index is 5.86. The Morgan fingerprint density at radius 3 is 2.41 bits per heavy atom. The van der Waals surface area contributed by atoms with Gasteiger partial charge in [0, 0.05) is 21.8 Å². The molecule has 0 saturated heterocycles. The van der Waals surface area contributed by atoms with Gasteiger partial charge in [-0.05, 0) is 25.1 Å². The minimum Gasteiger partial charge on any atom is -0.471 e. The van der Waals surface area contributed by atoms with Crippen molar-refractivity contribution in [2.75, 3.05) is 5.73 Å². The van der Waals surface area contributed by atoms with Gasteiger partial charge >= 0.3 is 0 Å². The van der Waals surface area contributed by atoms with Crippen LogP contribution >= 0.6 is 23.2 Å². The number of hydrogen-bond acceptors (Lipinski definition) is 3. The molecule has 2 aromatic rings. The highest BCUT2D eigenvalue weighted by atomic mass is 35.5. The van der Waals surface area contributed by atoms with Crippen molar-refractivity contribution >= 4 is 29.0 Å². The van der Waals surface area contributed by atoms with Gasteiger partial charge < -0.3 is 10.5 Å². The Balaban J connectivity index is 2.09. The van der Waals surface area contributed by atoms with E-state index in [1.807, 2.05) is 6.92 Å². The zero-order valence-corrected chi connectivity index (χ0v) is 10.7. The van der Waals surface area contributed by atoms with Crippen LogP contribution in [0.4, 0.5) is 5.82 Å². The molecule has 0 unspecified atom stereocenters. The Kier molecular flexibility index (Phi) is 3.45. The highest BCUT2D eigenvalue weighted by Crippen LogP contribution is 2.24. The number of aryl methyl sites for hydroxylation is 1. The SMILES string of the molecule is Cc1cc(N)nn1COc1cc(Cl)cc(Cl)c1. The Hall–Kier alpha value is -1.39. The molecule has 1 aromatic carbocycles. The predicted octanol–water partition coefficient (Wildman–Crippen LogP) is 3.12. The number of rotatable bonds is 3. The van der Waals surface area contributed by atoms with Crippen molar-refractivity contribution in [2.45, 2.75) is 13.7 Å². The molecule has 0 aliphatic heterocycles. The maximum absolute atomic E-state index is 5.86. The lowest BCUT2D eigenvalue weighted by atomic mass is 10.3. The molecule has 0 saturated carbocycles. The largest absolute Gasteiger partial charge is 0.471 e. The Labute approximate surface area is 109 Å². The van der Waals surface area contributed by atoms with Crippen LogP contribution in [0.5, 0.6) is 5.75 Å². The first-order chi connectivity index (χ1) is 8.04. The van der Waals surface area contributed by atoms with Crippen LogP contribution in [-0.4, -0.2) is 9.78 Å². The molecular formula is C11H11Cl2N3O. The number of benzene rings is 1. The fourth-order valence-corrected chi connectivity index (χ4v) is 1.92. The molecule has 0 aliphatic carbocycles. The normalized spacial score (nSPS) is 10.5. The summed E-state index contributed by atoms with van der Waals surface area (Å²) < 4.78 is 7.18. The molecule has 0 amide bonds. The lowest BCUT2D eigenvalue weighted by molar-refractivity contribution is 0.218. The van der Waals surface area contributed by atoms with E-state index in [1.165, 1.54) is 0 Å². The van der Waals surface area contributed by atoms with Crippen molar-refractivity contribution in [1.82, 2.24) is 9.78 Å². The molecule has 0 spiro atoms. The minimum atomic E-state index is 0.264. The van der Waals surface area contributed by atoms with E-state index in [-0.39, 0.29) is 6.73 Å². The summed E-state index contributed by atoms with van der Waals surface area (Å²) in [6.07, 6.45) is 0. The van der Waals surface area contributed by atoms with Gasteiger partial charge in [0.25, 0.3) is 0 Å². The fraction of sp³-hybridized carbons (Fsp3) is 0.182. The molecule has 1 heterocycles. The molecule has 0 fully saturated rings. The summed E-state index contributed by atoms with van der Waals surface area (Å²) in [5.74, 6) is 1.06. The van der Waals surface area contributed by atoms with Gasteiger partial charge in [-0.3, -0.25) is 0 Å². The summed E-state index contributed by atoms with van der Waals surface area (Å²) in [6, 6.07) is 6.80. The minimum absolute atomic E-state index is 0.264. The van der Waals surface area contributed by atoms with E-state index in [2.05, 4.69) is 5.10 Å². The molecular weight excluding hydrogens is 261 g/mol. The molecule has 4 nitrogen and oxygen atoms in total. The van der Waals surface area contributed by atoms with Crippen LogP contribution in [0.1, 0.15) is 5.69 Å². The van der Waals surface area contributed by atoms with Gasteiger partial charge in [-0.2, -0.15) is 5.10 Å². The van der Waals surface area contributed by atoms with Crippen molar-refractivity contribution in [3.8, 4) is 5.75 Å². The van der Waals surface area contributed by atoms with E-state index in [4.69, 9.17) is 33.7 Å². The summed E-state index contributed by atoms with van der Waals surface area (Å²) in [5.41, 5.74) is 6.49. The lowest BCUT2D eigenvalue weighted by Gasteiger charge is -2.08. The highest BCUT2D eigenvalue weighted by molar-refractivity contribution is 6.34. The van der Waals surface area contributed by atoms with Gasteiger partial charge in [-0.25, -0.2) is 4.68 Å². The second kappa shape index (κ2) is 4.85. The van der Waals surface area contributed by atoms with Crippen molar-refractivity contribution in [1.29, 1.82) is 0 Å². The molecule has 0 radical (unpaired) electrons. The van der Waals surface area contributed by atoms with Crippen LogP contribution < -0.4 is 10.5 Å². The first kappa shape index (κ1) is 12.1. The molecule has 0 aliphatic rings. The summed E-state index contributed by atoms with van der Waals surface area (Å²) in [4.78, 5) is 0. The number of anilines is 1. The number of aromatic nitrogens is 2. The number of nitrogens with two attached hydrogens (primary N) is 1. The van der Waals surface area contributed by atoms with Gasteiger partial charge in [-0.1, -0.05) is 23.2 Å². The van der Waals surface area contributed by atoms with Crippen LogP contribution in [0.25, 0.3) is 0 Å². The van der Waals surface area contributed by atoms with E-state index < -0.39 is 0 Å². The second-order valence-corrected chi connectivity index (χ2v) is 4.46. The lowest BCUT2D eigenvalue weighted by Crippen LogP contribution is -2.08. The first-order valence-corrected chi connectivity index (χ1v) is 5.69. The van der Waals surface area contributed by atoms with E-state index in [0.717, 1.165) is 5.69 Å². The zero-order valence-electron chi connectivity index (χ0n) is 9.15. The van der Waals surface area contributed by atoms with E-state index in [1.54, 1.807) is 28.9 Å². The summed E-state index contributed by atoms with van der Waals surface area (Å²) in [5, 5.41) is 5.14. The Bertz CT molecular complexity index is 519. The van der Waals surface area contributed by atoms with Crippen LogP contribution in [0.3, 0.4) is 0 Å². The third-order valence-corrected chi connectivity index (χ3v) is 2.63. The Morgan fingerprint density at radius 2 is 1.88 bits per heavy atom. The molecule has 6 heteroatoms. The maximum Gasteiger partial charge on any atom is 0.181 e. The van der Waals surface area contributed by atoms with Gasteiger partial charge in [0.1, 0.15) is 11.6 Å². The molecule has 0 atom stereocenters. The summed E-state index contributed by atoms with van der Waals surface area (Å²) >= 11 is 11.7. The number of halogens is 2. The molecule has 0 bridgehead atoms. The van der Waals surface area contributed by atoms with E-state index >= 15 is 0 Å². The van der Waals surface area contributed by atoms with Gasteiger partial charge in [0.15, 0.2) is 6.73 Å².